The fourth-order valence-corrected chi connectivity index (χ4v) is 3.62. The first-order valence-electron chi connectivity index (χ1n) is 8.38. The van der Waals surface area contributed by atoms with Crippen molar-refractivity contribution < 1.29 is 14.2 Å². The molecule has 2 aliphatic heterocycles. The number of nitrogens with two attached hydrogens (primary N) is 1. The highest BCUT2D eigenvalue weighted by Crippen LogP contribution is 2.33. The molecule has 0 bridgehead atoms. The van der Waals surface area contributed by atoms with Crippen LogP contribution < -0.4 is 11.1 Å². The van der Waals surface area contributed by atoms with E-state index in [0.29, 0.717) is 42.4 Å². The third-order valence-electron chi connectivity index (χ3n) is 4.43. The third kappa shape index (κ3) is 5.59. The van der Waals surface area contributed by atoms with Crippen LogP contribution in [0.5, 0.6) is 0 Å². The number of benzene rings is 1. The average Bonchev–Trinajstić information content (AvgIpc) is 2.96. The van der Waals surface area contributed by atoms with Crippen molar-refractivity contribution in [1.82, 2.24) is 5.32 Å². The third-order valence-corrected chi connectivity index (χ3v) is 4.99. The highest BCUT2D eigenvalue weighted by atomic mass is 127. The molecule has 2 aliphatic rings. The van der Waals surface area contributed by atoms with E-state index < -0.39 is 5.79 Å². The second-order valence-electron chi connectivity index (χ2n) is 6.33. The zero-order valence-corrected chi connectivity index (χ0v) is 18.4. The van der Waals surface area contributed by atoms with Gasteiger partial charge in [0.05, 0.1) is 32.4 Å². The van der Waals surface area contributed by atoms with Crippen LogP contribution >= 0.6 is 47.2 Å². The summed E-state index contributed by atoms with van der Waals surface area (Å²) < 4.78 is 17.2. The lowest BCUT2D eigenvalue weighted by molar-refractivity contribution is -0.210. The van der Waals surface area contributed by atoms with E-state index in [-0.39, 0.29) is 36.1 Å². The lowest BCUT2D eigenvalue weighted by atomic mass is 10.1. The number of hydrogen-bond donors (Lipinski definition) is 2. The maximum Gasteiger partial charge on any atom is 0.189 e. The molecule has 6 nitrogen and oxygen atoms in total. The van der Waals surface area contributed by atoms with Crippen molar-refractivity contribution in [1.29, 1.82) is 0 Å². The van der Waals surface area contributed by atoms with Gasteiger partial charge in [0, 0.05) is 22.9 Å². The number of aliphatic imine (C=N–C) groups is 1. The zero-order valence-electron chi connectivity index (χ0n) is 14.5. The smallest absolute Gasteiger partial charge is 0.189 e. The fraction of sp³-hybridized carbons (Fsp3) is 0.588. The second-order valence-corrected chi connectivity index (χ2v) is 7.18. The van der Waals surface area contributed by atoms with E-state index in [1.807, 2.05) is 13.0 Å². The second kappa shape index (κ2) is 9.75. The molecule has 1 aromatic rings. The van der Waals surface area contributed by atoms with E-state index >= 15 is 0 Å². The topological polar surface area (TPSA) is 78.1 Å². The molecule has 2 heterocycles. The molecule has 9 heteroatoms. The molecule has 3 N–H and O–H groups in total. The summed E-state index contributed by atoms with van der Waals surface area (Å²) in [5.74, 6) is -0.153. The van der Waals surface area contributed by atoms with Crippen LogP contribution in [-0.2, 0) is 14.2 Å². The van der Waals surface area contributed by atoms with E-state index in [9.17, 15) is 0 Å². The Morgan fingerprint density at radius 1 is 1.38 bits per heavy atom. The largest absolute Gasteiger partial charge is 0.381 e. The zero-order chi connectivity index (χ0) is 17.9. The van der Waals surface area contributed by atoms with Gasteiger partial charge in [-0.05, 0) is 24.6 Å². The number of nitrogens with one attached hydrogen (secondary N) is 1. The van der Waals surface area contributed by atoms with E-state index in [1.165, 1.54) is 0 Å². The lowest BCUT2D eigenvalue weighted by Crippen LogP contribution is -2.38. The van der Waals surface area contributed by atoms with Gasteiger partial charge in [-0.15, -0.1) is 24.0 Å². The molecule has 0 aliphatic carbocycles. The molecule has 0 aromatic heterocycles. The molecule has 26 heavy (non-hydrogen) atoms. The number of hydrogen-bond acceptors (Lipinski definition) is 4. The quantitative estimate of drug-likeness (QED) is 0.364. The van der Waals surface area contributed by atoms with Crippen LogP contribution in [0.2, 0.25) is 10.0 Å². The van der Waals surface area contributed by atoms with Crippen molar-refractivity contribution in [3.63, 3.8) is 0 Å². The summed E-state index contributed by atoms with van der Waals surface area (Å²) in [6.45, 7) is 4.26. The highest BCUT2D eigenvalue weighted by molar-refractivity contribution is 14.0. The molecule has 0 amide bonds. The van der Waals surface area contributed by atoms with Gasteiger partial charge in [-0.25, -0.2) is 0 Å². The molecule has 2 atom stereocenters. The first-order valence-corrected chi connectivity index (χ1v) is 9.14. The van der Waals surface area contributed by atoms with E-state index in [4.69, 9.17) is 43.1 Å². The molecule has 146 valence electrons. The predicted molar refractivity (Wildman–Crippen MR) is 114 cm³/mol. The van der Waals surface area contributed by atoms with Gasteiger partial charge in [-0.3, -0.25) is 4.99 Å². The van der Waals surface area contributed by atoms with Gasteiger partial charge < -0.3 is 25.3 Å². The van der Waals surface area contributed by atoms with Crippen LogP contribution in [0, 0.1) is 0 Å². The summed E-state index contributed by atoms with van der Waals surface area (Å²) in [7, 11) is 0. The molecule has 2 fully saturated rings. The number of guanidine groups is 1. The molecule has 1 aromatic carbocycles. The molecule has 0 saturated carbocycles. The van der Waals surface area contributed by atoms with Crippen molar-refractivity contribution in [2.45, 2.75) is 37.7 Å². The first kappa shape index (κ1) is 22.0. The van der Waals surface area contributed by atoms with Crippen molar-refractivity contribution in [2.75, 3.05) is 26.4 Å². The molecular weight excluding hydrogens is 492 g/mol. The van der Waals surface area contributed by atoms with Gasteiger partial charge >= 0.3 is 0 Å². The summed E-state index contributed by atoms with van der Waals surface area (Å²) in [6, 6.07) is 5.29. The highest BCUT2D eigenvalue weighted by Gasteiger charge is 2.42. The Morgan fingerprint density at radius 2 is 2.12 bits per heavy atom. The Labute approximate surface area is 180 Å². The molecule has 1 spiro atoms. The van der Waals surface area contributed by atoms with E-state index in [2.05, 4.69) is 10.3 Å². The summed E-state index contributed by atoms with van der Waals surface area (Å²) >= 11 is 12.1. The number of halogens is 3. The Hall–Kier alpha value is -0.320. The van der Waals surface area contributed by atoms with Crippen LogP contribution in [-0.4, -0.2) is 44.2 Å². The molecule has 3 rings (SSSR count). The monoisotopic (exact) mass is 515 g/mol. The van der Waals surface area contributed by atoms with Crippen LogP contribution in [0.4, 0.5) is 0 Å². The maximum atomic E-state index is 6.22. The molecule has 0 radical (unpaired) electrons. The Balaban J connectivity index is 0.00000243. The van der Waals surface area contributed by atoms with Gasteiger partial charge in [-0.1, -0.05) is 29.3 Å². The predicted octanol–water partition coefficient (Wildman–Crippen LogP) is 3.50. The molecule has 2 saturated heterocycles. The van der Waals surface area contributed by atoms with Gasteiger partial charge in [0.1, 0.15) is 6.10 Å². The fourth-order valence-electron chi connectivity index (χ4n) is 3.05. The van der Waals surface area contributed by atoms with E-state index in [1.54, 1.807) is 12.1 Å². The minimum Gasteiger partial charge on any atom is -0.381 e. The standard InChI is InChI=1S/C17H23Cl2N3O3.HI/c1-11(14-3-2-12(18)8-15(14)19)22-16(20)21-9-13-10-24-17(25-13)4-6-23-7-5-17;/h2-3,8,11,13H,4-7,9-10H2,1H3,(H3,20,21,22);1H. The maximum absolute atomic E-state index is 6.22. The summed E-state index contributed by atoms with van der Waals surface area (Å²) in [5.41, 5.74) is 6.90. The van der Waals surface area contributed by atoms with Crippen LogP contribution in [0.3, 0.4) is 0 Å². The van der Waals surface area contributed by atoms with Crippen molar-refractivity contribution in [3.8, 4) is 0 Å². The number of rotatable bonds is 4. The van der Waals surface area contributed by atoms with Crippen LogP contribution in [0.15, 0.2) is 23.2 Å². The minimum atomic E-state index is -0.495. The number of nitrogens with zero attached hydrogens (tertiary/aromatic N) is 1. The summed E-state index contributed by atoms with van der Waals surface area (Å²) in [6.07, 6.45) is 1.42. The Bertz CT molecular complexity index is 642. The summed E-state index contributed by atoms with van der Waals surface area (Å²) in [5, 5.41) is 4.33. The minimum absolute atomic E-state index is 0. The lowest BCUT2D eigenvalue weighted by Gasteiger charge is -2.31. The molecule has 2 unspecified atom stereocenters. The van der Waals surface area contributed by atoms with Gasteiger partial charge in [0.2, 0.25) is 0 Å². The number of ether oxygens (including phenoxy) is 3. The van der Waals surface area contributed by atoms with Crippen molar-refractivity contribution in [3.05, 3.63) is 33.8 Å². The SMILES string of the molecule is CC(NC(N)=NCC1COC2(CCOCC2)O1)c1ccc(Cl)cc1Cl.I. The normalized spacial score (nSPS) is 23.5. The Kier molecular flexibility index (Phi) is 8.24. The molecular formula is C17H24Cl2IN3O3. The summed E-state index contributed by atoms with van der Waals surface area (Å²) in [4.78, 5) is 4.37. The van der Waals surface area contributed by atoms with Gasteiger partial charge in [0.15, 0.2) is 11.7 Å². The average molecular weight is 516 g/mol. The van der Waals surface area contributed by atoms with Gasteiger partial charge in [0.25, 0.3) is 0 Å². The van der Waals surface area contributed by atoms with Crippen molar-refractivity contribution >= 4 is 53.1 Å². The van der Waals surface area contributed by atoms with Crippen molar-refractivity contribution in [2.24, 2.45) is 10.7 Å². The van der Waals surface area contributed by atoms with Crippen LogP contribution in [0.25, 0.3) is 0 Å². The van der Waals surface area contributed by atoms with Crippen LogP contribution in [0.1, 0.15) is 31.4 Å². The Morgan fingerprint density at radius 3 is 2.81 bits per heavy atom. The van der Waals surface area contributed by atoms with E-state index in [0.717, 1.165) is 18.4 Å². The first-order chi connectivity index (χ1) is 12.0. The van der Waals surface area contributed by atoms with Gasteiger partial charge in [-0.2, -0.15) is 0 Å².